The van der Waals surface area contributed by atoms with Crippen molar-refractivity contribution < 1.29 is 14.2 Å². The molecule has 128 valence electrons. The highest BCUT2D eigenvalue weighted by atomic mass is 16.5. The fraction of sp³-hybridized carbons (Fsp3) is 0.421. The fourth-order valence-electron chi connectivity index (χ4n) is 2.81. The Hall–Kier alpha value is -2.27. The molecule has 24 heavy (non-hydrogen) atoms. The lowest BCUT2D eigenvalue weighted by molar-refractivity contribution is 0.264. The smallest absolute Gasteiger partial charge is 0.164 e. The molecule has 5 heteroatoms. The first-order valence-electron chi connectivity index (χ1n) is 8.38. The van der Waals surface area contributed by atoms with Gasteiger partial charge in [-0.1, -0.05) is 6.92 Å². The number of benzene rings is 1. The molecule has 0 radical (unpaired) electrons. The van der Waals surface area contributed by atoms with Gasteiger partial charge in [-0.3, -0.25) is 9.88 Å². The third-order valence-electron chi connectivity index (χ3n) is 4.15. The standard InChI is InChI=1S/C19H24N2O3/c1-3-21(13-15-5-7-20-8-6-15)14-16-11-18-19(12-17(16)22-2)24-10-4-9-23-18/h5-8,11-12H,3-4,9-10,13-14H2,1-2H3. The average Bonchev–Trinajstić information content (AvgIpc) is 2.86. The molecule has 0 saturated carbocycles. The summed E-state index contributed by atoms with van der Waals surface area (Å²) in [4.78, 5) is 6.44. The summed E-state index contributed by atoms with van der Waals surface area (Å²) in [7, 11) is 1.70. The molecular formula is C19H24N2O3. The van der Waals surface area contributed by atoms with Crippen LogP contribution in [0.5, 0.6) is 17.2 Å². The normalized spacial score (nSPS) is 13.6. The van der Waals surface area contributed by atoms with E-state index >= 15 is 0 Å². The van der Waals surface area contributed by atoms with E-state index in [4.69, 9.17) is 14.2 Å². The van der Waals surface area contributed by atoms with Gasteiger partial charge in [0, 0.05) is 43.5 Å². The van der Waals surface area contributed by atoms with Crippen LogP contribution in [0.2, 0.25) is 0 Å². The van der Waals surface area contributed by atoms with Crippen LogP contribution in [0, 0.1) is 0 Å². The van der Waals surface area contributed by atoms with Crippen LogP contribution >= 0.6 is 0 Å². The van der Waals surface area contributed by atoms with Crippen molar-refractivity contribution in [2.24, 2.45) is 0 Å². The summed E-state index contributed by atoms with van der Waals surface area (Å²) >= 11 is 0. The Balaban J connectivity index is 1.80. The van der Waals surface area contributed by atoms with Gasteiger partial charge < -0.3 is 14.2 Å². The number of ether oxygens (including phenoxy) is 3. The molecule has 0 unspecified atom stereocenters. The molecule has 0 aliphatic carbocycles. The molecule has 0 N–H and O–H groups in total. The number of nitrogens with zero attached hydrogens (tertiary/aromatic N) is 2. The summed E-state index contributed by atoms with van der Waals surface area (Å²) in [5, 5.41) is 0. The quantitative estimate of drug-likeness (QED) is 0.814. The van der Waals surface area contributed by atoms with E-state index in [9.17, 15) is 0 Å². The summed E-state index contributed by atoms with van der Waals surface area (Å²) in [5.41, 5.74) is 2.36. The van der Waals surface area contributed by atoms with Crippen LogP contribution in [0.3, 0.4) is 0 Å². The van der Waals surface area contributed by atoms with Crippen molar-refractivity contribution in [3.8, 4) is 17.2 Å². The monoisotopic (exact) mass is 328 g/mol. The van der Waals surface area contributed by atoms with Crippen LogP contribution in [0.25, 0.3) is 0 Å². The van der Waals surface area contributed by atoms with Gasteiger partial charge in [0.05, 0.1) is 20.3 Å². The molecule has 0 bridgehead atoms. The first kappa shape index (κ1) is 16.6. The van der Waals surface area contributed by atoms with Crippen LogP contribution in [0.1, 0.15) is 24.5 Å². The largest absolute Gasteiger partial charge is 0.496 e. The van der Waals surface area contributed by atoms with Gasteiger partial charge in [-0.05, 0) is 30.3 Å². The molecule has 5 nitrogen and oxygen atoms in total. The van der Waals surface area contributed by atoms with E-state index < -0.39 is 0 Å². The Morgan fingerprint density at radius 3 is 2.46 bits per heavy atom. The van der Waals surface area contributed by atoms with Crippen molar-refractivity contribution in [1.29, 1.82) is 0 Å². The topological polar surface area (TPSA) is 43.8 Å². The number of methoxy groups -OCH3 is 1. The van der Waals surface area contributed by atoms with Crippen molar-refractivity contribution in [2.45, 2.75) is 26.4 Å². The lowest BCUT2D eigenvalue weighted by Gasteiger charge is -2.22. The van der Waals surface area contributed by atoms with Gasteiger partial charge in [-0.2, -0.15) is 0 Å². The molecule has 1 aromatic carbocycles. The first-order valence-corrected chi connectivity index (χ1v) is 8.38. The van der Waals surface area contributed by atoms with E-state index in [0.29, 0.717) is 13.2 Å². The highest BCUT2D eigenvalue weighted by Gasteiger charge is 2.17. The number of hydrogen-bond acceptors (Lipinski definition) is 5. The third-order valence-corrected chi connectivity index (χ3v) is 4.15. The Kier molecular flexibility index (Phi) is 5.54. The molecule has 2 aromatic rings. The van der Waals surface area contributed by atoms with E-state index in [-0.39, 0.29) is 0 Å². The molecule has 1 aliphatic rings. The lowest BCUT2D eigenvalue weighted by atomic mass is 10.1. The summed E-state index contributed by atoms with van der Waals surface area (Å²) < 4.78 is 17.1. The number of aromatic nitrogens is 1. The predicted molar refractivity (Wildman–Crippen MR) is 92.6 cm³/mol. The number of hydrogen-bond donors (Lipinski definition) is 0. The van der Waals surface area contributed by atoms with Crippen LogP contribution < -0.4 is 14.2 Å². The van der Waals surface area contributed by atoms with Crippen molar-refractivity contribution >= 4 is 0 Å². The van der Waals surface area contributed by atoms with Crippen LogP contribution in [0.15, 0.2) is 36.7 Å². The second kappa shape index (κ2) is 8.02. The molecule has 3 rings (SSSR count). The molecule has 1 aromatic heterocycles. The Bertz CT molecular complexity index is 661. The van der Waals surface area contributed by atoms with E-state index in [1.54, 1.807) is 7.11 Å². The second-order valence-corrected chi connectivity index (χ2v) is 5.82. The van der Waals surface area contributed by atoms with Gasteiger partial charge in [-0.25, -0.2) is 0 Å². The molecule has 0 fully saturated rings. The summed E-state index contributed by atoms with van der Waals surface area (Å²) in [6, 6.07) is 8.09. The zero-order valence-electron chi connectivity index (χ0n) is 14.3. The van der Waals surface area contributed by atoms with Crippen molar-refractivity contribution in [3.63, 3.8) is 0 Å². The van der Waals surface area contributed by atoms with Crippen molar-refractivity contribution in [2.75, 3.05) is 26.9 Å². The second-order valence-electron chi connectivity index (χ2n) is 5.82. The molecule has 0 atom stereocenters. The summed E-state index contributed by atoms with van der Waals surface area (Å²) in [6.07, 6.45) is 4.56. The van der Waals surface area contributed by atoms with E-state index in [1.807, 2.05) is 30.6 Å². The fourth-order valence-corrected chi connectivity index (χ4v) is 2.81. The highest BCUT2D eigenvalue weighted by molar-refractivity contribution is 5.51. The lowest BCUT2D eigenvalue weighted by Crippen LogP contribution is -2.22. The number of rotatable bonds is 6. The minimum atomic E-state index is 0.679. The summed E-state index contributed by atoms with van der Waals surface area (Å²) in [6.45, 7) is 6.14. The van der Waals surface area contributed by atoms with Gasteiger partial charge >= 0.3 is 0 Å². The van der Waals surface area contributed by atoms with Crippen molar-refractivity contribution in [3.05, 3.63) is 47.8 Å². The van der Waals surface area contributed by atoms with Gasteiger partial charge in [0.15, 0.2) is 11.5 Å². The minimum Gasteiger partial charge on any atom is -0.496 e. The molecule has 2 heterocycles. The molecule has 0 spiro atoms. The Labute approximate surface area is 143 Å². The maximum Gasteiger partial charge on any atom is 0.164 e. The summed E-state index contributed by atoms with van der Waals surface area (Å²) in [5.74, 6) is 2.42. The van der Waals surface area contributed by atoms with Gasteiger partial charge in [0.2, 0.25) is 0 Å². The number of fused-ring (bicyclic) bond motifs is 1. The Morgan fingerprint density at radius 1 is 1.08 bits per heavy atom. The van der Waals surface area contributed by atoms with Crippen LogP contribution in [-0.2, 0) is 13.1 Å². The number of pyridine rings is 1. The van der Waals surface area contributed by atoms with Gasteiger partial charge in [0.1, 0.15) is 5.75 Å². The maximum absolute atomic E-state index is 5.81. The van der Waals surface area contributed by atoms with Gasteiger partial charge in [-0.15, -0.1) is 0 Å². The van der Waals surface area contributed by atoms with Crippen LogP contribution in [0.4, 0.5) is 0 Å². The molecule has 0 amide bonds. The van der Waals surface area contributed by atoms with E-state index in [1.165, 1.54) is 5.56 Å². The third kappa shape index (κ3) is 3.97. The zero-order valence-corrected chi connectivity index (χ0v) is 14.3. The minimum absolute atomic E-state index is 0.679. The van der Waals surface area contributed by atoms with Crippen molar-refractivity contribution in [1.82, 2.24) is 9.88 Å². The van der Waals surface area contributed by atoms with Crippen LogP contribution in [-0.4, -0.2) is 36.8 Å². The van der Waals surface area contributed by atoms with Gasteiger partial charge in [0.25, 0.3) is 0 Å². The average molecular weight is 328 g/mol. The molecule has 0 saturated heterocycles. The van der Waals surface area contributed by atoms with E-state index in [0.717, 1.165) is 48.9 Å². The molecular weight excluding hydrogens is 304 g/mol. The maximum atomic E-state index is 5.81. The first-order chi connectivity index (χ1) is 11.8. The zero-order chi connectivity index (χ0) is 16.8. The predicted octanol–water partition coefficient (Wildman–Crippen LogP) is 3.27. The van der Waals surface area contributed by atoms with E-state index in [2.05, 4.69) is 22.9 Å². The Morgan fingerprint density at radius 2 is 1.79 bits per heavy atom. The molecule has 1 aliphatic heterocycles. The highest BCUT2D eigenvalue weighted by Crippen LogP contribution is 2.37. The SMILES string of the molecule is CCN(Cc1ccncc1)Cc1cc2c(cc1OC)OCCCO2.